The van der Waals surface area contributed by atoms with Crippen molar-refractivity contribution in [2.24, 2.45) is 0 Å². The molecule has 1 heterocycles. The predicted molar refractivity (Wildman–Crippen MR) is 88.3 cm³/mol. The van der Waals surface area contributed by atoms with Gasteiger partial charge < -0.3 is 10.4 Å². The van der Waals surface area contributed by atoms with E-state index in [1.807, 2.05) is 19.1 Å². The topological polar surface area (TPSA) is 75.1 Å². The SMILES string of the molecule is Cc1ccc(O)c(NC(=O)c2ccccc2-c2cncnc2)c1. The molecule has 2 N–H and O–H groups in total. The number of nitrogens with one attached hydrogen (secondary N) is 1. The molecule has 0 saturated carbocycles. The molecule has 0 fully saturated rings. The number of aromatic hydroxyl groups is 1. The van der Waals surface area contributed by atoms with Crippen LogP contribution in [-0.2, 0) is 0 Å². The van der Waals surface area contributed by atoms with E-state index >= 15 is 0 Å². The molecule has 0 atom stereocenters. The molecule has 2 aromatic carbocycles. The van der Waals surface area contributed by atoms with Gasteiger partial charge in [-0.1, -0.05) is 24.3 Å². The zero-order valence-electron chi connectivity index (χ0n) is 12.5. The third kappa shape index (κ3) is 3.18. The zero-order valence-corrected chi connectivity index (χ0v) is 12.5. The molecule has 0 aliphatic rings. The molecule has 0 radical (unpaired) electrons. The van der Waals surface area contributed by atoms with Crippen LogP contribution in [0, 0.1) is 6.92 Å². The first-order chi connectivity index (χ1) is 11.1. The first-order valence-electron chi connectivity index (χ1n) is 7.10. The van der Waals surface area contributed by atoms with Crippen LogP contribution in [0.15, 0.2) is 61.2 Å². The van der Waals surface area contributed by atoms with Crippen molar-refractivity contribution in [3.8, 4) is 16.9 Å². The molecule has 0 aliphatic carbocycles. The second-order valence-corrected chi connectivity index (χ2v) is 5.15. The highest BCUT2D eigenvalue weighted by Gasteiger charge is 2.14. The lowest BCUT2D eigenvalue weighted by Crippen LogP contribution is -2.13. The van der Waals surface area contributed by atoms with Crippen molar-refractivity contribution in [2.45, 2.75) is 6.92 Å². The van der Waals surface area contributed by atoms with E-state index in [9.17, 15) is 9.90 Å². The standard InChI is InChI=1S/C18H15N3O2/c1-12-6-7-17(22)16(8-12)21-18(23)15-5-3-2-4-14(15)13-9-19-11-20-10-13/h2-11,22H,1H3,(H,21,23). The Bertz CT molecular complexity index is 848. The van der Waals surface area contributed by atoms with E-state index < -0.39 is 0 Å². The number of aromatic nitrogens is 2. The summed E-state index contributed by atoms with van der Waals surface area (Å²) in [5.41, 5.74) is 3.31. The summed E-state index contributed by atoms with van der Waals surface area (Å²) in [6.45, 7) is 1.89. The number of phenols is 1. The van der Waals surface area contributed by atoms with Crippen LogP contribution in [0.25, 0.3) is 11.1 Å². The monoisotopic (exact) mass is 305 g/mol. The van der Waals surface area contributed by atoms with E-state index in [-0.39, 0.29) is 11.7 Å². The van der Waals surface area contributed by atoms with E-state index in [1.165, 1.54) is 6.33 Å². The molecule has 5 nitrogen and oxygen atoms in total. The fourth-order valence-corrected chi connectivity index (χ4v) is 2.31. The van der Waals surface area contributed by atoms with Crippen LogP contribution in [0.2, 0.25) is 0 Å². The number of benzene rings is 2. The van der Waals surface area contributed by atoms with Crippen molar-refractivity contribution in [1.82, 2.24) is 9.97 Å². The minimum Gasteiger partial charge on any atom is -0.506 e. The lowest BCUT2D eigenvalue weighted by molar-refractivity contribution is 0.102. The van der Waals surface area contributed by atoms with Crippen molar-refractivity contribution in [3.63, 3.8) is 0 Å². The number of rotatable bonds is 3. The maximum absolute atomic E-state index is 12.6. The van der Waals surface area contributed by atoms with Gasteiger partial charge in [0.1, 0.15) is 12.1 Å². The second kappa shape index (κ2) is 6.27. The van der Waals surface area contributed by atoms with Gasteiger partial charge in [0.2, 0.25) is 0 Å². The molecule has 0 saturated heterocycles. The Balaban J connectivity index is 1.96. The number of carbonyl (C=O) groups excluding carboxylic acids is 1. The van der Waals surface area contributed by atoms with Crippen molar-refractivity contribution in [3.05, 3.63) is 72.3 Å². The maximum atomic E-state index is 12.6. The summed E-state index contributed by atoms with van der Waals surface area (Å²) in [5.74, 6) is -0.269. The van der Waals surface area contributed by atoms with Crippen molar-refractivity contribution < 1.29 is 9.90 Å². The van der Waals surface area contributed by atoms with Crippen LogP contribution >= 0.6 is 0 Å². The second-order valence-electron chi connectivity index (χ2n) is 5.15. The maximum Gasteiger partial charge on any atom is 0.256 e. The van der Waals surface area contributed by atoms with Crippen LogP contribution in [0.4, 0.5) is 5.69 Å². The number of anilines is 1. The smallest absolute Gasteiger partial charge is 0.256 e. The number of hydrogen-bond acceptors (Lipinski definition) is 4. The number of hydrogen-bond donors (Lipinski definition) is 2. The fraction of sp³-hybridized carbons (Fsp3) is 0.0556. The van der Waals surface area contributed by atoms with Crippen molar-refractivity contribution in [2.75, 3.05) is 5.32 Å². The molecular weight excluding hydrogens is 290 g/mol. The molecular formula is C18H15N3O2. The van der Waals surface area contributed by atoms with E-state index in [0.717, 1.165) is 16.7 Å². The molecule has 3 rings (SSSR count). The lowest BCUT2D eigenvalue weighted by Gasteiger charge is -2.11. The first kappa shape index (κ1) is 14.7. The van der Waals surface area contributed by atoms with E-state index in [1.54, 1.807) is 42.7 Å². The number of amides is 1. The molecule has 114 valence electrons. The van der Waals surface area contributed by atoms with Gasteiger partial charge >= 0.3 is 0 Å². The molecule has 0 aliphatic heterocycles. The quantitative estimate of drug-likeness (QED) is 0.727. The number of phenolic OH excluding ortho intramolecular Hbond substituents is 1. The van der Waals surface area contributed by atoms with Crippen LogP contribution in [0.1, 0.15) is 15.9 Å². The van der Waals surface area contributed by atoms with Gasteiger partial charge in [-0.25, -0.2) is 9.97 Å². The Morgan fingerprint density at radius 2 is 1.83 bits per heavy atom. The normalized spacial score (nSPS) is 10.3. The van der Waals surface area contributed by atoms with Gasteiger partial charge in [-0.3, -0.25) is 4.79 Å². The van der Waals surface area contributed by atoms with Gasteiger partial charge in [0.25, 0.3) is 5.91 Å². The van der Waals surface area contributed by atoms with Crippen LogP contribution in [0.5, 0.6) is 5.75 Å². The van der Waals surface area contributed by atoms with E-state index in [0.29, 0.717) is 11.3 Å². The van der Waals surface area contributed by atoms with Gasteiger partial charge in [0, 0.05) is 23.5 Å². The van der Waals surface area contributed by atoms with Crippen molar-refractivity contribution >= 4 is 11.6 Å². The summed E-state index contributed by atoms with van der Waals surface area (Å²) >= 11 is 0. The third-order valence-electron chi connectivity index (χ3n) is 3.44. The number of carbonyl (C=O) groups is 1. The summed E-state index contributed by atoms with van der Waals surface area (Å²) in [6, 6.07) is 12.3. The summed E-state index contributed by atoms with van der Waals surface area (Å²) in [4.78, 5) is 20.6. The van der Waals surface area contributed by atoms with Gasteiger partial charge in [0.15, 0.2) is 0 Å². The van der Waals surface area contributed by atoms with Crippen LogP contribution < -0.4 is 5.32 Å². The first-order valence-corrected chi connectivity index (χ1v) is 7.10. The zero-order chi connectivity index (χ0) is 16.2. The van der Waals surface area contributed by atoms with Crippen LogP contribution in [0.3, 0.4) is 0 Å². The van der Waals surface area contributed by atoms with Gasteiger partial charge in [-0.2, -0.15) is 0 Å². The third-order valence-corrected chi connectivity index (χ3v) is 3.44. The van der Waals surface area contributed by atoms with Crippen molar-refractivity contribution in [1.29, 1.82) is 0 Å². The Kier molecular flexibility index (Phi) is 4.01. The highest BCUT2D eigenvalue weighted by molar-refractivity contribution is 6.09. The summed E-state index contributed by atoms with van der Waals surface area (Å²) in [7, 11) is 0. The Morgan fingerprint density at radius 3 is 2.61 bits per heavy atom. The van der Waals surface area contributed by atoms with Crippen LogP contribution in [-0.4, -0.2) is 21.0 Å². The minimum atomic E-state index is -0.301. The molecule has 23 heavy (non-hydrogen) atoms. The molecule has 1 amide bonds. The van der Waals surface area contributed by atoms with E-state index in [2.05, 4.69) is 15.3 Å². The highest BCUT2D eigenvalue weighted by atomic mass is 16.3. The molecule has 0 bridgehead atoms. The number of aryl methyl sites for hydroxylation is 1. The van der Waals surface area contributed by atoms with Gasteiger partial charge in [-0.15, -0.1) is 0 Å². The fourth-order valence-electron chi connectivity index (χ4n) is 2.31. The molecule has 0 spiro atoms. The number of nitrogens with zero attached hydrogens (tertiary/aromatic N) is 2. The Morgan fingerprint density at radius 1 is 1.09 bits per heavy atom. The molecule has 0 unspecified atom stereocenters. The Hall–Kier alpha value is -3.21. The average molecular weight is 305 g/mol. The summed E-state index contributed by atoms with van der Waals surface area (Å²) < 4.78 is 0. The lowest BCUT2D eigenvalue weighted by atomic mass is 10.0. The summed E-state index contributed by atoms with van der Waals surface area (Å²) in [5, 5.41) is 12.6. The molecule has 1 aromatic heterocycles. The average Bonchev–Trinajstić information content (AvgIpc) is 2.59. The minimum absolute atomic E-state index is 0.0319. The van der Waals surface area contributed by atoms with Gasteiger partial charge in [0.05, 0.1) is 5.69 Å². The van der Waals surface area contributed by atoms with E-state index in [4.69, 9.17) is 0 Å². The highest BCUT2D eigenvalue weighted by Crippen LogP contribution is 2.27. The molecule has 3 aromatic rings. The largest absolute Gasteiger partial charge is 0.506 e. The summed E-state index contributed by atoms with van der Waals surface area (Å²) in [6.07, 6.45) is 4.75. The van der Waals surface area contributed by atoms with Gasteiger partial charge in [-0.05, 0) is 36.2 Å². The molecule has 5 heteroatoms. The predicted octanol–water partition coefficient (Wildman–Crippen LogP) is 3.41. The Labute approximate surface area is 133 Å².